The van der Waals surface area contributed by atoms with Gasteiger partial charge in [-0.2, -0.15) is 0 Å². The van der Waals surface area contributed by atoms with Crippen molar-refractivity contribution in [2.75, 3.05) is 11.9 Å². The third-order valence-corrected chi connectivity index (χ3v) is 4.53. The van der Waals surface area contributed by atoms with Gasteiger partial charge in [-0.15, -0.1) is 0 Å². The summed E-state index contributed by atoms with van der Waals surface area (Å²) >= 11 is 0. The molecule has 1 saturated carbocycles. The third-order valence-electron chi connectivity index (χ3n) is 4.53. The number of aryl methyl sites for hydroxylation is 1. The van der Waals surface area contributed by atoms with Gasteiger partial charge in [-0.1, -0.05) is 6.92 Å². The van der Waals surface area contributed by atoms with Crippen molar-refractivity contribution in [3.63, 3.8) is 0 Å². The Balaban J connectivity index is 2.00. The Morgan fingerprint density at radius 2 is 2.30 bits per heavy atom. The van der Waals surface area contributed by atoms with Gasteiger partial charge >= 0.3 is 0 Å². The van der Waals surface area contributed by atoms with E-state index in [1.807, 2.05) is 12.4 Å². The zero-order valence-electron chi connectivity index (χ0n) is 12.3. The van der Waals surface area contributed by atoms with Gasteiger partial charge in [0.25, 0.3) is 0 Å². The van der Waals surface area contributed by atoms with Crippen molar-refractivity contribution < 1.29 is 5.11 Å². The Morgan fingerprint density at radius 1 is 1.45 bits per heavy atom. The molecule has 0 unspecified atom stereocenters. The van der Waals surface area contributed by atoms with Crippen molar-refractivity contribution in [2.24, 2.45) is 0 Å². The number of hydrogen-bond acceptors (Lipinski definition) is 3. The molecular weight excluding hydrogens is 250 g/mol. The van der Waals surface area contributed by atoms with E-state index in [4.69, 9.17) is 0 Å². The standard InChI is InChI=1S/C16H23N3O/c1-3-11-10-18-16-14(7-8-17-16)15(11)19(2)12-5-4-6-13(20)9-12/h7-8,10,12-13,20H,3-6,9H2,1-2H3,(H,17,18)/t12-,13+/m0/s1. The van der Waals surface area contributed by atoms with Crippen molar-refractivity contribution >= 4 is 16.7 Å². The molecule has 0 bridgehead atoms. The van der Waals surface area contributed by atoms with Crippen molar-refractivity contribution in [2.45, 2.75) is 51.2 Å². The fourth-order valence-corrected chi connectivity index (χ4v) is 3.38. The van der Waals surface area contributed by atoms with E-state index in [1.54, 1.807) is 0 Å². The lowest BCUT2D eigenvalue weighted by atomic mass is 9.91. The monoisotopic (exact) mass is 273 g/mol. The van der Waals surface area contributed by atoms with Crippen LogP contribution in [0.15, 0.2) is 18.5 Å². The molecule has 1 fully saturated rings. The maximum Gasteiger partial charge on any atom is 0.139 e. The number of aliphatic hydroxyl groups excluding tert-OH is 1. The van der Waals surface area contributed by atoms with Gasteiger partial charge in [-0.3, -0.25) is 0 Å². The summed E-state index contributed by atoms with van der Waals surface area (Å²) in [6, 6.07) is 2.52. The largest absolute Gasteiger partial charge is 0.393 e. The fraction of sp³-hybridized carbons (Fsp3) is 0.562. The first-order chi connectivity index (χ1) is 9.70. The van der Waals surface area contributed by atoms with Crippen LogP contribution in [0.3, 0.4) is 0 Å². The lowest BCUT2D eigenvalue weighted by molar-refractivity contribution is 0.119. The Kier molecular flexibility index (Phi) is 3.66. The Bertz CT molecular complexity index is 592. The molecule has 1 aliphatic rings. The molecule has 0 aromatic carbocycles. The Hall–Kier alpha value is -1.55. The van der Waals surface area contributed by atoms with Crippen molar-refractivity contribution in [3.8, 4) is 0 Å². The van der Waals surface area contributed by atoms with Gasteiger partial charge in [0.05, 0.1) is 11.8 Å². The summed E-state index contributed by atoms with van der Waals surface area (Å²) in [6.45, 7) is 2.17. The molecule has 0 saturated heterocycles. The highest BCUT2D eigenvalue weighted by Crippen LogP contribution is 2.33. The molecule has 0 amide bonds. The number of aromatic nitrogens is 2. The fourth-order valence-electron chi connectivity index (χ4n) is 3.38. The molecule has 0 spiro atoms. The molecule has 4 heteroatoms. The van der Waals surface area contributed by atoms with Gasteiger partial charge in [0.15, 0.2) is 0 Å². The Labute approximate surface area is 119 Å². The van der Waals surface area contributed by atoms with Gasteiger partial charge in [0.1, 0.15) is 5.65 Å². The molecule has 20 heavy (non-hydrogen) atoms. The van der Waals surface area contributed by atoms with E-state index in [0.717, 1.165) is 37.8 Å². The topological polar surface area (TPSA) is 52.2 Å². The minimum absolute atomic E-state index is 0.148. The molecule has 0 aliphatic heterocycles. The van der Waals surface area contributed by atoms with Gasteiger partial charge in [0.2, 0.25) is 0 Å². The number of nitrogens with zero attached hydrogens (tertiary/aromatic N) is 2. The summed E-state index contributed by atoms with van der Waals surface area (Å²) in [5, 5.41) is 11.1. The first-order valence-electron chi connectivity index (χ1n) is 7.56. The molecule has 2 N–H and O–H groups in total. The molecule has 1 aliphatic carbocycles. The zero-order valence-corrected chi connectivity index (χ0v) is 12.3. The van der Waals surface area contributed by atoms with Crippen LogP contribution >= 0.6 is 0 Å². The second-order valence-electron chi connectivity index (χ2n) is 5.81. The van der Waals surface area contributed by atoms with Crippen LogP contribution in [-0.4, -0.2) is 34.3 Å². The first kappa shape index (κ1) is 13.4. The van der Waals surface area contributed by atoms with Crippen LogP contribution in [0.5, 0.6) is 0 Å². The molecule has 2 atom stereocenters. The highest BCUT2D eigenvalue weighted by molar-refractivity contribution is 5.91. The van der Waals surface area contributed by atoms with E-state index in [0.29, 0.717) is 6.04 Å². The molecule has 108 valence electrons. The number of aliphatic hydroxyl groups is 1. The number of aromatic amines is 1. The normalized spacial score (nSPS) is 23.1. The number of anilines is 1. The maximum atomic E-state index is 9.93. The predicted molar refractivity (Wildman–Crippen MR) is 82.1 cm³/mol. The van der Waals surface area contributed by atoms with E-state index in [2.05, 4.69) is 34.9 Å². The first-order valence-corrected chi connectivity index (χ1v) is 7.56. The summed E-state index contributed by atoms with van der Waals surface area (Å²) in [7, 11) is 2.16. The van der Waals surface area contributed by atoms with Gasteiger partial charge in [-0.25, -0.2) is 4.98 Å². The predicted octanol–water partition coefficient (Wildman–Crippen LogP) is 2.87. The van der Waals surface area contributed by atoms with Crippen molar-refractivity contribution in [1.29, 1.82) is 0 Å². The molecule has 4 nitrogen and oxygen atoms in total. The number of rotatable bonds is 3. The summed E-state index contributed by atoms with van der Waals surface area (Å²) in [5.41, 5.74) is 3.50. The van der Waals surface area contributed by atoms with Crippen LogP contribution < -0.4 is 4.90 Å². The van der Waals surface area contributed by atoms with Crippen LogP contribution in [0.4, 0.5) is 5.69 Å². The number of nitrogens with one attached hydrogen (secondary N) is 1. The highest BCUT2D eigenvalue weighted by Gasteiger charge is 2.26. The number of H-pyrrole nitrogens is 1. The number of fused-ring (bicyclic) bond motifs is 1. The minimum Gasteiger partial charge on any atom is -0.393 e. The maximum absolute atomic E-state index is 9.93. The van der Waals surface area contributed by atoms with E-state index in [-0.39, 0.29) is 6.10 Å². The summed E-state index contributed by atoms with van der Waals surface area (Å²) in [4.78, 5) is 10.0. The van der Waals surface area contributed by atoms with Crippen molar-refractivity contribution in [3.05, 3.63) is 24.0 Å². The summed E-state index contributed by atoms with van der Waals surface area (Å²) in [6.07, 6.45) is 8.83. The van der Waals surface area contributed by atoms with E-state index >= 15 is 0 Å². The van der Waals surface area contributed by atoms with Gasteiger partial charge in [-0.05, 0) is 43.7 Å². The molecule has 2 heterocycles. The SMILES string of the molecule is CCc1cnc2[nH]ccc2c1N(C)[C@H]1CCC[C@@H](O)C1. The molecule has 0 radical (unpaired) electrons. The number of pyridine rings is 1. The quantitative estimate of drug-likeness (QED) is 0.904. The lowest BCUT2D eigenvalue weighted by Crippen LogP contribution is -2.38. The Morgan fingerprint density at radius 3 is 3.05 bits per heavy atom. The van der Waals surface area contributed by atoms with Gasteiger partial charge in [0, 0.05) is 30.9 Å². The van der Waals surface area contributed by atoms with Crippen molar-refractivity contribution in [1.82, 2.24) is 9.97 Å². The van der Waals surface area contributed by atoms with E-state index in [1.165, 1.54) is 16.6 Å². The second kappa shape index (κ2) is 5.44. The third kappa shape index (κ3) is 2.29. The number of hydrogen-bond donors (Lipinski definition) is 2. The molecular formula is C16H23N3O. The van der Waals surface area contributed by atoms with Crippen LogP contribution in [0.1, 0.15) is 38.2 Å². The zero-order chi connectivity index (χ0) is 14.1. The molecule has 3 rings (SSSR count). The van der Waals surface area contributed by atoms with Gasteiger partial charge < -0.3 is 15.0 Å². The van der Waals surface area contributed by atoms with E-state index in [9.17, 15) is 5.11 Å². The average molecular weight is 273 g/mol. The van der Waals surface area contributed by atoms with Crippen LogP contribution in [0.2, 0.25) is 0 Å². The van der Waals surface area contributed by atoms with E-state index < -0.39 is 0 Å². The highest BCUT2D eigenvalue weighted by atomic mass is 16.3. The lowest BCUT2D eigenvalue weighted by Gasteiger charge is -2.36. The molecule has 2 aromatic heterocycles. The summed E-state index contributed by atoms with van der Waals surface area (Å²) < 4.78 is 0. The smallest absolute Gasteiger partial charge is 0.139 e. The second-order valence-corrected chi connectivity index (χ2v) is 5.81. The minimum atomic E-state index is -0.148. The van der Waals surface area contributed by atoms with Crippen LogP contribution in [0, 0.1) is 0 Å². The summed E-state index contributed by atoms with van der Waals surface area (Å²) in [5.74, 6) is 0. The molecule has 2 aromatic rings. The van der Waals surface area contributed by atoms with Crippen LogP contribution in [0.25, 0.3) is 11.0 Å². The van der Waals surface area contributed by atoms with Crippen LogP contribution in [-0.2, 0) is 6.42 Å². The average Bonchev–Trinajstić information content (AvgIpc) is 2.93.